The number of nitrogens with zero attached hydrogens (tertiary/aromatic N) is 4. The van der Waals surface area contributed by atoms with Crippen molar-refractivity contribution in [1.82, 2.24) is 15.0 Å². The van der Waals surface area contributed by atoms with E-state index in [1.807, 2.05) is 0 Å². The van der Waals surface area contributed by atoms with Gasteiger partial charge in [0.1, 0.15) is 0 Å². The van der Waals surface area contributed by atoms with Gasteiger partial charge in [-0.05, 0) is 0 Å². The van der Waals surface area contributed by atoms with E-state index in [4.69, 9.17) is 10.2 Å². The Kier molecular flexibility index (Phi) is 4.69. The van der Waals surface area contributed by atoms with E-state index < -0.39 is 23.6 Å². The average molecular weight is 264 g/mol. The summed E-state index contributed by atoms with van der Waals surface area (Å²) in [5.41, 5.74) is 0. The molecule has 1 rings (SSSR count). The first-order valence-electron chi connectivity index (χ1n) is 5.19. The molecule has 19 heavy (non-hydrogen) atoms. The van der Waals surface area contributed by atoms with Crippen LogP contribution in [0.1, 0.15) is 21.2 Å². The molecule has 0 saturated carbocycles. The molecule has 100 valence electrons. The molecule has 0 aliphatic carbocycles. The number of carbonyl (C=O) groups is 2. The largest absolute Gasteiger partial charge is 0.475 e. The Morgan fingerprint density at radius 3 is 1.74 bits per heavy atom. The quantitative estimate of drug-likeness (QED) is 0.681. The Hall–Kier alpha value is -2.77. The van der Waals surface area contributed by atoms with Gasteiger partial charge in [0.25, 0.3) is 0 Å². The van der Waals surface area contributed by atoms with Crippen molar-refractivity contribution >= 4 is 17.9 Å². The van der Waals surface area contributed by atoms with E-state index in [0.717, 1.165) is 0 Å². The molecule has 0 amide bonds. The molecule has 0 aliphatic heterocycles. The third-order valence-corrected chi connectivity index (χ3v) is 1.99. The Balaban J connectivity index is 3.30. The molecule has 8 nitrogen and oxygen atoms in total. The monoisotopic (exact) mass is 264 g/mol. The number of aromatic carboxylic acids is 2. The molecule has 0 spiro atoms. The van der Waals surface area contributed by atoms with Gasteiger partial charge in [-0.25, -0.2) is 9.59 Å². The van der Waals surface area contributed by atoms with E-state index in [-0.39, 0.29) is 5.95 Å². The third-order valence-electron chi connectivity index (χ3n) is 1.99. The minimum atomic E-state index is -1.43. The number of aromatic nitrogens is 3. The fourth-order valence-corrected chi connectivity index (χ4v) is 1.25. The number of carboxylic acid groups (broad SMARTS) is 2. The van der Waals surface area contributed by atoms with Gasteiger partial charge < -0.3 is 15.1 Å². The van der Waals surface area contributed by atoms with Crippen LogP contribution in [-0.4, -0.2) is 50.2 Å². The molecule has 1 aromatic rings. The smallest absolute Gasteiger partial charge is 0.374 e. The Morgan fingerprint density at radius 1 is 1.00 bits per heavy atom. The fourth-order valence-electron chi connectivity index (χ4n) is 1.25. The molecule has 0 radical (unpaired) electrons. The van der Waals surface area contributed by atoms with Crippen LogP contribution in [0.3, 0.4) is 0 Å². The van der Waals surface area contributed by atoms with Gasteiger partial charge in [0, 0.05) is 13.1 Å². The highest BCUT2D eigenvalue weighted by atomic mass is 16.4. The van der Waals surface area contributed by atoms with Crippen molar-refractivity contribution in [3.05, 3.63) is 37.0 Å². The molecule has 0 fully saturated rings. The minimum absolute atomic E-state index is 0.0513. The maximum absolute atomic E-state index is 10.9. The zero-order valence-electron chi connectivity index (χ0n) is 9.98. The van der Waals surface area contributed by atoms with Crippen molar-refractivity contribution in [2.75, 3.05) is 18.0 Å². The molecule has 1 heterocycles. The number of anilines is 1. The van der Waals surface area contributed by atoms with Crippen LogP contribution in [0.15, 0.2) is 25.3 Å². The lowest BCUT2D eigenvalue weighted by Gasteiger charge is -2.19. The molecule has 0 bridgehead atoms. The molecule has 0 atom stereocenters. The summed E-state index contributed by atoms with van der Waals surface area (Å²) in [4.78, 5) is 34.0. The van der Waals surface area contributed by atoms with Crippen molar-refractivity contribution in [3.63, 3.8) is 0 Å². The summed E-state index contributed by atoms with van der Waals surface area (Å²) < 4.78 is 0. The van der Waals surface area contributed by atoms with E-state index in [1.54, 1.807) is 12.2 Å². The number of hydrogen-bond acceptors (Lipinski definition) is 6. The summed E-state index contributed by atoms with van der Waals surface area (Å²) in [5.74, 6) is -4.16. The zero-order chi connectivity index (χ0) is 14.4. The summed E-state index contributed by atoms with van der Waals surface area (Å²) in [6.45, 7) is 7.71. The second kappa shape index (κ2) is 6.24. The molecular formula is C11H12N4O4. The summed E-state index contributed by atoms with van der Waals surface area (Å²) >= 11 is 0. The van der Waals surface area contributed by atoms with Crippen LogP contribution >= 0.6 is 0 Å². The van der Waals surface area contributed by atoms with Crippen LogP contribution in [0.25, 0.3) is 0 Å². The van der Waals surface area contributed by atoms with Crippen LogP contribution in [0.2, 0.25) is 0 Å². The second-order valence-electron chi connectivity index (χ2n) is 3.38. The zero-order valence-corrected chi connectivity index (χ0v) is 9.98. The number of hydrogen-bond donors (Lipinski definition) is 2. The van der Waals surface area contributed by atoms with E-state index >= 15 is 0 Å². The van der Waals surface area contributed by atoms with Gasteiger partial charge in [-0.15, -0.1) is 13.2 Å². The number of carboxylic acids is 2. The van der Waals surface area contributed by atoms with Gasteiger partial charge >= 0.3 is 11.9 Å². The summed E-state index contributed by atoms with van der Waals surface area (Å²) in [6.07, 6.45) is 3.10. The predicted molar refractivity (Wildman–Crippen MR) is 66.4 cm³/mol. The lowest BCUT2D eigenvalue weighted by Crippen LogP contribution is -2.27. The second-order valence-corrected chi connectivity index (χ2v) is 3.38. The minimum Gasteiger partial charge on any atom is -0.475 e. The van der Waals surface area contributed by atoms with Crippen molar-refractivity contribution < 1.29 is 19.8 Å². The Labute approximate surface area is 108 Å². The molecule has 1 aromatic heterocycles. The first kappa shape index (κ1) is 14.3. The van der Waals surface area contributed by atoms with Crippen LogP contribution in [0.4, 0.5) is 5.95 Å². The highest BCUT2D eigenvalue weighted by Crippen LogP contribution is 2.09. The van der Waals surface area contributed by atoms with Crippen LogP contribution < -0.4 is 4.90 Å². The van der Waals surface area contributed by atoms with Gasteiger partial charge in [-0.1, -0.05) is 12.2 Å². The standard InChI is InChI=1S/C11H12N4O4/c1-3-5-15(6-4-2)11-13-7(9(16)17)12-8(14-11)10(18)19/h3-4H,1-2,5-6H2,(H,16,17)(H,18,19). The highest BCUT2D eigenvalue weighted by molar-refractivity contribution is 5.87. The van der Waals surface area contributed by atoms with Crippen LogP contribution in [0.5, 0.6) is 0 Å². The molecule has 0 aromatic carbocycles. The SMILES string of the molecule is C=CCN(CC=C)c1nc(C(=O)O)nc(C(=O)O)n1. The van der Waals surface area contributed by atoms with Gasteiger partial charge in [-0.2, -0.15) is 15.0 Å². The first-order chi connectivity index (χ1) is 8.99. The van der Waals surface area contributed by atoms with Crippen LogP contribution in [-0.2, 0) is 0 Å². The molecule has 0 saturated heterocycles. The van der Waals surface area contributed by atoms with E-state index in [9.17, 15) is 9.59 Å². The third kappa shape index (κ3) is 3.60. The molecule has 0 unspecified atom stereocenters. The van der Waals surface area contributed by atoms with Gasteiger partial charge in [0.15, 0.2) is 0 Å². The van der Waals surface area contributed by atoms with E-state index in [2.05, 4.69) is 28.1 Å². The van der Waals surface area contributed by atoms with Gasteiger partial charge in [0.2, 0.25) is 17.6 Å². The van der Waals surface area contributed by atoms with Crippen molar-refractivity contribution in [2.45, 2.75) is 0 Å². The summed E-state index contributed by atoms with van der Waals surface area (Å²) in [5, 5.41) is 17.7. The molecule has 8 heteroatoms. The van der Waals surface area contributed by atoms with E-state index in [0.29, 0.717) is 13.1 Å². The molecular weight excluding hydrogens is 252 g/mol. The topological polar surface area (TPSA) is 117 Å². The Bertz CT molecular complexity index is 487. The van der Waals surface area contributed by atoms with Gasteiger partial charge in [0.05, 0.1) is 0 Å². The van der Waals surface area contributed by atoms with Gasteiger partial charge in [-0.3, -0.25) is 0 Å². The van der Waals surface area contributed by atoms with Crippen molar-refractivity contribution in [3.8, 4) is 0 Å². The summed E-state index contributed by atoms with van der Waals surface area (Å²) in [6, 6.07) is 0. The van der Waals surface area contributed by atoms with E-state index in [1.165, 1.54) is 4.90 Å². The summed E-state index contributed by atoms with van der Waals surface area (Å²) in [7, 11) is 0. The molecule has 2 N–H and O–H groups in total. The normalized spacial score (nSPS) is 9.68. The van der Waals surface area contributed by atoms with Crippen molar-refractivity contribution in [2.24, 2.45) is 0 Å². The lowest BCUT2D eigenvalue weighted by molar-refractivity contribution is 0.0674. The fraction of sp³-hybridized carbons (Fsp3) is 0.182. The maximum Gasteiger partial charge on any atom is 0.374 e. The molecule has 0 aliphatic rings. The Morgan fingerprint density at radius 2 is 1.42 bits per heavy atom. The number of rotatable bonds is 7. The van der Waals surface area contributed by atoms with Crippen molar-refractivity contribution in [1.29, 1.82) is 0 Å². The van der Waals surface area contributed by atoms with Crippen LogP contribution in [0, 0.1) is 0 Å². The average Bonchev–Trinajstić information content (AvgIpc) is 2.37. The highest BCUT2D eigenvalue weighted by Gasteiger charge is 2.19. The predicted octanol–water partition coefficient (Wildman–Crippen LogP) is 0.446. The first-order valence-corrected chi connectivity index (χ1v) is 5.19. The lowest BCUT2D eigenvalue weighted by atomic mass is 10.4. The maximum atomic E-state index is 10.9.